The molecule has 3 aromatic rings. The van der Waals surface area contributed by atoms with Gasteiger partial charge in [-0.25, -0.2) is 9.97 Å². The van der Waals surface area contributed by atoms with E-state index in [4.69, 9.17) is 9.72 Å². The summed E-state index contributed by atoms with van der Waals surface area (Å²) < 4.78 is 7.71. The molecule has 4 rings (SSSR count). The lowest BCUT2D eigenvalue weighted by molar-refractivity contribution is 0.140. The van der Waals surface area contributed by atoms with E-state index in [1.54, 1.807) is 0 Å². The second-order valence-electron chi connectivity index (χ2n) is 7.46. The van der Waals surface area contributed by atoms with Crippen LogP contribution in [0.4, 0.5) is 5.95 Å². The number of anilines is 1. The van der Waals surface area contributed by atoms with Crippen LogP contribution in [0.2, 0.25) is 0 Å². The van der Waals surface area contributed by atoms with Crippen LogP contribution < -0.4 is 5.32 Å². The van der Waals surface area contributed by atoms with Gasteiger partial charge in [-0.3, -0.25) is 9.55 Å². The second-order valence-corrected chi connectivity index (χ2v) is 7.46. The third-order valence-corrected chi connectivity index (χ3v) is 5.50. The highest BCUT2D eigenvalue weighted by molar-refractivity contribution is 5.74. The number of hydrogen-bond acceptors (Lipinski definition) is 6. The number of piperidine rings is 1. The molecule has 0 saturated carbocycles. The predicted molar refractivity (Wildman–Crippen MR) is 115 cm³/mol. The average Bonchev–Trinajstić information content (AvgIpc) is 3.11. The van der Waals surface area contributed by atoms with Gasteiger partial charge in [-0.05, 0) is 44.0 Å². The number of imidazole rings is 1. The first-order chi connectivity index (χ1) is 14.3. The molecule has 0 aliphatic carbocycles. The number of likely N-dealkylation sites (tertiary alicyclic amines) is 1. The van der Waals surface area contributed by atoms with Gasteiger partial charge in [-0.15, -0.1) is 0 Å². The molecular weight excluding hydrogens is 364 g/mol. The van der Waals surface area contributed by atoms with E-state index in [2.05, 4.69) is 36.9 Å². The van der Waals surface area contributed by atoms with Gasteiger partial charge >= 0.3 is 0 Å². The Kier molecular flexibility index (Phi) is 6.69. The Labute approximate surface area is 172 Å². The quantitative estimate of drug-likeness (QED) is 0.563. The lowest BCUT2D eigenvalue weighted by atomic mass is 10.0. The molecule has 0 spiro atoms. The van der Waals surface area contributed by atoms with Crippen LogP contribution in [0, 0.1) is 0 Å². The van der Waals surface area contributed by atoms with Crippen LogP contribution in [-0.2, 0) is 17.7 Å². The molecule has 1 fully saturated rings. The summed E-state index contributed by atoms with van der Waals surface area (Å²) in [6.45, 7) is 7.43. The van der Waals surface area contributed by atoms with Crippen molar-refractivity contribution in [2.45, 2.75) is 38.8 Å². The number of ether oxygens (including phenoxy) is 1. The van der Waals surface area contributed by atoms with Crippen LogP contribution in [-0.4, -0.2) is 63.3 Å². The first-order valence-electron chi connectivity index (χ1n) is 10.6. The molecule has 0 atom stereocenters. The second kappa shape index (κ2) is 9.80. The van der Waals surface area contributed by atoms with E-state index in [0.29, 0.717) is 12.6 Å². The summed E-state index contributed by atoms with van der Waals surface area (Å²) in [6.07, 6.45) is 6.94. The monoisotopic (exact) mass is 394 g/mol. The number of rotatable bonds is 9. The molecule has 7 nitrogen and oxygen atoms in total. The predicted octanol–water partition coefficient (Wildman–Crippen LogP) is 2.98. The van der Waals surface area contributed by atoms with Gasteiger partial charge in [0.25, 0.3) is 0 Å². The highest BCUT2D eigenvalue weighted by atomic mass is 16.5. The largest absolute Gasteiger partial charge is 0.380 e. The van der Waals surface area contributed by atoms with E-state index < -0.39 is 0 Å². The fourth-order valence-corrected chi connectivity index (χ4v) is 3.88. The number of nitrogens with one attached hydrogen (secondary N) is 1. The summed E-state index contributed by atoms with van der Waals surface area (Å²) in [6, 6.07) is 10.5. The summed E-state index contributed by atoms with van der Waals surface area (Å²) in [4.78, 5) is 16.3. The van der Waals surface area contributed by atoms with Gasteiger partial charge < -0.3 is 15.0 Å². The van der Waals surface area contributed by atoms with Crippen molar-refractivity contribution in [3.05, 3.63) is 48.4 Å². The van der Waals surface area contributed by atoms with E-state index in [-0.39, 0.29) is 0 Å². The Morgan fingerprint density at radius 1 is 1.07 bits per heavy atom. The average molecular weight is 395 g/mol. The Morgan fingerprint density at radius 3 is 2.72 bits per heavy atom. The lowest BCUT2D eigenvalue weighted by Crippen LogP contribution is -2.40. The van der Waals surface area contributed by atoms with Crippen molar-refractivity contribution in [2.75, 3.05) is 38.2 Å². The first kappa shape index (κ1) is 19.8. The molecule has 0 amide bonds. The Hall–Kier alpha value is -2.51. The lowest BCUT2D eigenvalue weighted by Gasteiger charge is -2.32. The Bertz CT molecular complexity index is 889. The first-order valence-corrected chi connectivity index (χ1v) is 10.6. The van der Waals surface area contributed by atoms with Crippen molar-refractivity contribution in [2.24, 2.45) is 0 Å². The normalized spacial score (nSPS) is 15.8. The summed E-state index contributed by atoms with van der Waals surface area (Å²) >= 11 is 0. The van der Waals surface area contributed by atoms with Crippen LogP contribution in [0.1, 0.15) is 25.5 Å². The number of aromatic nitrogens is 4. The van der Waals surface area contributed by atoms with Gasteiger partial charge in [0.2, 0.25) is 5.95 Å². The minimum Gasteiger partial charge on any atom is -0.380 e. The molecule has 1 saturated heterocycles. The molecule has 0 unspecified atom stereocenters. The van der Waals surface area contributed by atoms with Crippen molar-refractivity contribution in [3.8, 4) is 0 Å². The number of nitrogens with zero attached hydrogens (tertiary/aromatic N) is 5. The van der Waals surface area contributed by atoms with Crippen LogP contribution in [0.3, 0.4) is 0 Å². The topological polar surface area (TPSA) is 68.1 Å². The van der Waals surface area contributed by atoms with Crippen LogP contribution >= 0.6 is 0 Å². The molecule has 0 aromatic carbocycles. The molecule has 1 N–H and O–H groups in total. The number of hydrogen-bond donors (Lipinski definition) is 1. The smallest absolute Gasteiger partial charge is 0.205 e. The van der Waals surface area contributed by atoms with Gasteiger partial charge in [0, 0.05) is 56.8 Å². The summed E-state index contributed by atoms with van der Waals surface area (Å²) in [5.74, 6) is 0.908. The van der Waals surface area contributed by atoms with Gasteiger partial charge in [-0.1, -0.05) is 6.07 Å². The van der Waals surface area contributed by atoms with E-state index >= 15 is 0 Å². The van der Waals surface area contributed by atoms with Crippen molar-refractivity contribution in [1.82, 2.24) is 24.4 Å². The molecular formula is C22H30N6O. The fraction of sp³-hybridized carbons (Fsp3) is 0.500. The van der Waals surface area contributed by atoms with Crippen molar-refractivity contribution < 1.29 is 4.74 Å². The third kappa shape index (κ3) is 5.10. The van der Waals surface area contributed by atoms with Gasteiger partial charge in [-0.2, -0.15) is 0 Å². The van der Waals surface area contributed by atoms with Crippen molar-refractivity contribution >= 4 is 17.1 Å². The SMILES string of the molecule is CCOCCn1c(NC2CCN(CCc3ccccn3)CC2)nc2cccnc21. The molecule has 1 aliphatic heterocycles. The molecule has 7 heteroatoms. The van der Waals surface area contributed by atoms with Crippen molar-refractivity contribution in [1.29, 1.82) is 0 Å². The van der Waals surface area contributed by atoms with Gasteiger partial charge in [0.05, 0.1) is 13.2 Å². The standard InChI is InChI=1S/C22H30N6O/c1-2-29-17-16-28-21-20(7-5-12-24-21)26-22(28)25-19-9-14-27(15-10-19)13-8-18-6-3-4-11-23-18/h3-7,11-12,19H,2,8-10,13-17H2,1H3,(H,25,26). The van der Waals surface area contributed by atoms with Crippen LogP contribution in [0.15, 0.2) is 42.7 Å². The minimum absolute atomic E-state index is 0.434. The molecule has 154 valence electrons. The molecule has 0 radical (unpaired) electrons. The fourth-order valence-electron chi connectivity index (χ4n) is 3.88. The maximum absolute atomic E-state index is 5.56. The number of fused-ring (bicyclic) bond motifs is 1. The molecule has 4 heterocycles. The summed E-state index contributed by atoms with van der Waals surface area (Å²) in [5, 5.41) is 3.68. The van der Waals surface area contributed by atoms with E-state index in [1.807, 2.05) is 37.5 Å². The van der Waals surface area contributed by atoms with Crippen LogP contribution in [0.5, 0.6) is 0 Å². The maximum atomic E-state index is 5.56. The minimum atomic E-state index is 0.434. The van der Waals surface area contributed by atoms with E-state index in [1.165, 1.54) is 5.69 Å². The highest BCUT2D eigenvalue weighted by Crippen LogP contribution is 2.21. The Morgan fingerprint density at radius 2 is 1.93 bits per heavy atom. The van der Waals surface area contributed by atoms with Crippen molar-refractivity contribution in [3.63, 3.8) is 0 Å². The Balaban J connectivity index is 1.34. The molecule has 3 aromatic heterocycles. The zero-order chi connectivity index (χ0) is 19.9. The molecule has 29 heavy (non-hydrogen) atoms. The molecule has 1 aliphatic rings. The highest BCUT2D eigenvalue weighted by Gasteiger charge is 2.21. The molecule has 0 bridgehead atoms. The maximum Gasteiger partial charge on any atom is 0.205 e. The number of pyridine rings is 2. The van der Waals surface area contributed by atoms with Crippen LogP contribution in [0.25, 0.3) is 11.2 Å². The van der Waals surface area contributed by atoms with E-state index in [9.17, 15) is 0 Å². The third-order valence-electron chi connectivity index (χ3n) is 5.50. The van der Waals surface area contributed by atoms with Gasteiger partial charge in [0.1, 0.15) is 5.52 Å². The zero-order valence-corrected chi connectivity index (χ0v) is 17.1. The summed E-state index contributed by atoms with van der Waals surface area (Å²) in [5.41, 5.74) is 3.02. The zero-order valence-electron chi connectivity index (χ0n) is 17.1. The van der Waals surface area contributed by atoms with Gasteiger partial charge in [0.15, 0.2) is 5.65 Å². The summed E-state index contributed by atoms with van der Waals surface area (Å²) in [7, 11) is 0. The van der Waals surface area contributed by atoms with E-state index in [0.717, 1.165) is 69.2 Å².